The lowest BCUT2D eigenvalue weighted by molar-refractivity contribution is -0.352. The molecule has 14 heteroatoms. The smallest absolute Gasteiger partial charge is 0.411 e. The minimum Gasteiger partial charge on any atom is -0.411 e. The summed E-state index contributed by atoms with van der Waals surface area (Å²) in [4.78, 5) is 23.6. The molecule has 0 aromatic heterocycles. The van der Waals surface area contributed by atoms with Gasteiger partial charge < -0.3 is 9.47 Å². The molecule has 0 aliphatic rings. The molecule has 1 aromatic carbocycles. The highest BCUT2D eigenvalue weighted by molar-refractivity contribution is 7.86. The number of halogens is 6. The fourth-order valence-electron chi connectivity index (χ4n) is 1.81. The number of hydrogen-bond donors (Lipinski definition) is 1. The van der Waals surface area contributed by atoms with Gasteiger partial charge in [0.15, 0.2) is 0 Å². The average molecular weight is 450 g/mol. The van der Waals surface area contributed by atoms with Crippen molar-refractivity contribution in [2.24, 2.45) is 0 Å². The maximum Gasteiger partial charge on any atom is 0.464 e. The molecule has 1 unspecified atom stereocenters. The number of ketones is 1. The number of Topliss-reactive ketones (excluding diaryl/α,β-unsaturated/α-hetero) is 1. The predicted octanol–water partition coefficient (Wildman–Crippen LogP) is 2.58. The van der Waals surface area contributed by atoms with Crippen LogP contribution in [0, 0.1) is 0 Å². The lowest BCUT2D eigenvalue weighted by Gasteiger charge is -2.33. The van der Waals surface area contributed by atoms with E-state index in [0.717, 1.165) is 12.1 Å². The lowest BCUT2D eigenvalue weighted by atomic mass is 10.0. The molecule has 0 aliphatic heterocycles. The average Bonchev–Trinajstić information content (AvgIpc) is 2.56. The predicted molar refractivity (Wildman–Crippen MR) is 82.7 cm³/mol. The largest absolute Gasteiger partial charge is 0.464 e. The van der Waals surface area contributed by atoms with Crippen molar-refractivity contribution in [1.29, 1.82) is 0 Å². The van der Waals surface area contributed by atoms with Crippen LogP contribution >= 0.6 is 0 Å². The first kappa shape index (κ1) is 24.6. The zero-order chi connectivity index (χ0) is 22.7. The maximum absolute atomic E-state index is 13.6. The molecular weight excluding hydrogens is 438 g/mol. The van der Waals surface area contributed by atoms with Crippen LogP contribution in [0.4, 0.5) is 26.3 Å². The molecule has 0 amide bonds. The second kappa shape index (κ2) is 8.51. The summed E-state index contributed by atoms with van der Waals surface area (Å²) >= 11 is 0. The van der Waals surface area contributed by atoms with Crippen LogP contribution in [0.1, 0.15) is 5.56 Å². The highest BCUT2D eigenvalue weighted by atomic mass is 32.2. The van der Waals surface area contributed by atoms with Gasteiger partial charge in [-0.3, -0.25) is 9.35 Å². The van der Waals surface area contributed by atoms with Crippen molar-refractivity contribution in [1.82, 2.24) is 0 Å². The Hall–Kier alpha value is -2.45. The maximum atomic E-state index is 13.6. The van der Waals surface area contributed by atoms with Crippen LogP contribution in [0.15, 0.2) is 42.7 Å². The zero-order valence-corrected chi connectivity index (χ0v) is 14.9. The molecule has 7 nitrogen and oxygen atoms in total. The van der Waals surface area contributed by atoms with E-state index in [2.05, 4.69) is 16.1 Å². The lowest BCUT2D eigenvalue weighted by Crippen LogP contribution is -2.59. The van der Waals surface area contributed by atoms with E-state index in [-0.39, 0.29) is 5.56 Å². The van der Waals surface area contributed by atoms with Gasteiger partial charge in [0, 0.05) is 6.42 Å². The summed E-state index contributed by atoms with van der Waals surface area (Å²) in [7, 11) is -6.27. The fourth-order valence-corrected chi connectivity index (χ4v) is 2.02. The Bertz CT molecular complexity index is 882. The van der Waals surface area contributed by atoms with E-state index in [0.29, 0.717) is 0 Å². The molecule has 162 valence electrons. The Labute approximate surface area is 159 Å². The van der Waals surface area contributed by atoms with Crippen molar-refractivity contribution in [3.8, 4) is 0 Å². The van der Waals surface area contributed by atoms with Crippen LogP contribution in [0.25, 0.3) is 0 Å². The summed E-state index contributed by atoms with van der Waals surface area (Å²) in [6, 6.07) is 6.35. The van der Waals surface area contributed by atoms with Crippen LogP contribution in [-0.4, -0.2) is 48.5 Å². The SMILES string of the molecule is C=C(F)C(=O)OC(OCC(F)(F)S(=O)(=O)O)(C(=O)Cc1ccccc1)C(F)(F)F. The summed E-state index contributed by atoms with van der Waals surface area (Å²) in [6.45, 7) is -0.399. The van der Waals surface area contributed by atoms with Gasteiger partial charge in [-0.05, 0) is 5.56 Å². The number of esters is 1. The van der Waals surface area contributed by atoms with Crippen molar-refractivity contribution < 1.29 is 58.4 Å². The third-order valence-electron chi connectivity index (χ3n) is 3.23. The molecule has 0 saturated heterocycles. The zero-order valence-electron chi connectivity index (χ0n) is 14.1. The van der Waals surface area contributed by atoms with Gasteiger partial charge in [-0.1, -0.05) is 36.9 Å². The third kappa shape index (κ3) is 5.77. The van der Waals surface area contributed by atoms with Gasteiger partial charge in [-0.2, -0.15) is 34.8 Å². The fraction of sp³-hybridized carbons (Fsp3) is 0.333. The molecule has 1 aromatic rings. The Morgan fingerprint density at radius 1 is 1.07 bits per heavy atom. The number of rotatable bonds is 9. The molecule has 1 N–H and O–H groups in total. The molecule has 29 heavy (non-hydrogen) atoms. The highest BCUT2D eigenvalue weighted by Crippen LogP contribution is 2.39. The minimum atomic E-state index is -6.27. The van der Waals surface area contributed by atoms with Crippen molar-refractivity contribution in [2.45, 2.75) is 23.6 Å². The van der Waals surface area contributed by atoms with Crippen LogP contribution in [-0.2, 0) is 35.6 Å². The third-order valence-corrected chi connectivity index (χ3v) is 4.10. The second-order valence-corrected chi connectivity index (χ2v) is 6.94. The van der Waals surface area contributed by atoms with E-state index in [1.807, 2.05) is 0 Å². The molecule has 0 bridgehead atoms. The molecule has 0 radical (unpaired) electrons. The molecule has 0 heterocycles. The first-order valence-electron chi connectivity index (χ1n) is 7.24. The minimum absolute atomic E-state index is 0.105. The monoisotopic (exact) mass is 450 g/mol. The molecule has 0 fully saturated rings. The molecular formula is C15H12F6O7S. The van der Waals surface area contributed by atoms with E-state index in [1.165, 1.54) is 18.2 Å². The second-order valence-electron chi connectivity index (χ2n) is 5.40. The van der Waals surface area contributed by atoms with Crippen LogP contribution in [0.3, 0.4) is 0 Å². The molecule has 0 spiro atoms. The summed E-state index contributed by atoms with van der Waals surface area (Å²) in [5.74, 6) is -11.6. The van der Waals surface area contributed by atoms with Gasteiger partial charge >= 0.3 is 33.3 Å². The Morgan fingerprint density at radius 2 is 1.59 bits per heavy atom. The van der Waals surface area contributed by atoms with Gasteiger partial charge in [-0.15, -0.1) is 0 Å². The summed E-state index contributed by atoms with van der Waals surface area (Å²) in [5.41, 5.74) is -0.105. The molecule has 1 rings (SSSR count). The summed E-state index contributed by atoms with van der Waals surface area (Å²) < 4.78 is 117. The van der Waals surface area contributed by atoms with E-state index < -0.39 is 57.9 Å². The summed E-state index contributed by atoms with van der Waals surface area (Å²) in [6.07, 6.45) is -7.25. The standard InChI is InChI=1S/C15H12F6O7S/c1-9(16)12(23)28-14(15(19,20)21,27-8-13(17,18)29(24,25)26)11(22)7-10-5-3-2-4-6-10/h2-6H,1,7-8H2,(H,24,25,26). The Morgan fingerprint density at radius 3 is 2.00 bits per heavy atom. The molecule has 1 atom stereocenters. The first-order chi connectivity index (χ1) is 13.0. The topological polar surface area (TPSA) is 107 Å². The Balaban J connectivity index is 3.44. The van der Waals surface area contributed by atoms with E-state index in [4.69, 9.17) is 4.55 Å². The number of hydrogen-bond acceptors (Lipinski definition) is 6. The van der Waals surface area contributed by atoms with Crippen molar-refractivity contribution in [2.75, 3.05) is 6.61 Å². The van der Waals surface area contributed by atoms with Crippen molar-refractivity contribution in [3.63, 3.8) is 0 Å². The molecule has 0 aliphatic carbocycles. The highest BCUT2D eigenvalue weighted by Gasteiger charge is 2.67. The van der Waals surface area contributed by atoms with Crippen molar-refractivity contribution >= 4 is 21.9 Å². The number of ether oxygens (including phenoxy) is 2. The Kier molecular flexibility index (Phi) is 7.21. The molecule has 0 saturated carbocycles. The van der Waals surface area contributed by atoms with Gasteiger partial charge in [0.1, 0.15) is 6.61 Å². The van der Waals surface area contributed by atoms with Crippen LogP contribution < -0.4 is 0 Å². The van der Waals surface area contributed by atoms with E-state index in [1.54, 1.807) is 0 Å². The quantitative estimate of drug-likeness (QED) is 0.203. The van der Waals surface area contributed by atoms with Gasteiger partial charge in [0.05, 0.1) is 0 Å². The van der Waals surface area contributed by atoms with Gasteiger partial charge in [-0.25, -0.2) is 4.79 Å². The number of alkyl halides is 5. The summed E-state index contributed by atoms with van der Waals surface area (Å²) in [5, 5.41) is -5.32. The number of carbonyl (C=O) groups is 2. The van der Waals surface area contributed by atoms with E-state index >= 15 is 0 Å². The van der Waals surface area contributed by atoms with Crippen LogP contribution in [0.5, 0.6) is 0 Å². The van der Waals surface area contributed by atoms with Gasteiger partial charge in [0.2, 0.25) is 11.6 Å². The van der Waals surface area contributed by atoms with Crippen molar-refractivity contribution in [3.05, 3.63) is 48.3 Å². The number of benzene rings is 1. The van der Waals surface area contributed by atoms with Gasteiger partial charge in [0.25, 0.3) is 0 Å². The van der Waals surface area contributed by atoms with Crippen LogP contribution in [0.2, 0.25) is 0 Å². The number of carbonyl (C=O) groups excluding carboxylic acids is 2. The van der Waals surface area contributed by atoms with E-state index in [9.17, 15) is 44.3 Å². The normalized spacial score (nSPS) is 14.7. The first-order valence-corrected chi connectivity index (χ1v) is 8.68.